The van der Waals surface area contributed by atoms with E-state index in [9.17, 15) is 28.4 Å². The van der Waals surface area contributed by atoms with Crippen molar-refractivity contribution >= 4 is 35.9 Å². The highest BCUT2D eigenvalue weighted by molar-refractivity contribution is 6.03. The van der Waals surface area contributed by atoms with Gasteiger partial charge in [-0.2, -0.15) is 0 Å². The molecule has 2 heterocycles. The number of rotatable bonds is 7. The molecule has 0 aromatic heterocycles. The van der Waals surface area contributed by atoms with Crippen molar-refractivity contribution in [1.29, 1.82) is 0 Å². The minimum atomic E-state index is -1.26. The van der Waals surface area contributed by atoms with Crippen molar-refractivity contribution < 1.29 is 37.8 Å². The summed E-state index contributed by atoms with van der Waals surface area (Å²) in [5, 5.41) is 5.28. The van der Waals surface area contributed by atoms with E-state index in [0.29, 0.717) is 31.2 Å². The van der Waals surface area contributed by atoms with Crippen LogP contribution in [0.5, 0.6) is 0 Å². The number of piperidine rings is 1. The van der Waals surface area contributed by atoms with Crippen molar-refractivity contribution in [3.05, 3.63) is 71.5 Å². The highest BCUT2D eigenvalue weighted by Gasteiger charge is 2.41. The van der Waals surface area contributed by atoms with E-state index < -0.39 is 59.5 Å². The van der Waals surface area contributed by atoms with Crippen LogP contribution in [0.1, 0.15) is 63.6 Å². The van der Waals surface area contributed by atoms with E-state index in [0.717, 1.165) is 10.5 Å². The molecule has 0 unspecified atom stereocenters. The zero-order valence-electron chi connectivity index (χ0n) is 26.0. The Morgan fingerprint density at radius 3 is 2.37 bits per heavy atom. The monoisotopic (exact) mass is 638 g/mol. The Labute approximate surface area is 266 Å². The lowest BCUT2D eigenvalue weighted by molar-refractivity contribution is -0.142. The van der Waals surface area contributed by atoms with Gasteiger partial charge in [-0.05, 0) is 69.7 Å². The third kappa shape index (κ3) is 9.02. The van der Waals surface area contributed by atoms with Crippen LogP contribution in [0.4, 0.5) is 14.0 Å². The van der Waals surface area contributed by atoms with Crippen LogP contribution in [0.25, 0.3) is 0 Å². The number of aliphatic imine (C=N–C) groups is 1. The standard InChI is InChI=1S/C32H39FN6O7/c1-32(2,3)46-31(44)36-25(21-13-15-22(33)16-14-21)28(42)38-17-8-12-24(38)26(40)35-23-11-7-18-39(27(23)41)29(34)37-30(43)45-19-20-9-5-4-6-10-20/h4-6,9-10,13-16,23-25H,7-8,11-12,17-19H2,1-3H3,(H,35,40)(H,36,44)(H2,34,37,43)/t23-,24-,25-/m0/s1. The highest BCUT2D eigenvalue weighted by atomic mass is 19.1. The third-order valence-electron chi connectivity index (χ3n) is 7.39. The molecule has 3 atom stereocenters. The normalized spacial score (nSPS) is 19.3. The second-order valence-electron chi connectivity index (χ2n) is 12.0. The first-order chi connectivity index (χ1) is 21.8. The molecule has 5 amide bonds. The van der Waals surface area contributed by atoms with Crippen molar-refractivity contribution in [2.45, 2.75) is 76.8 Å². The molecule has 2 aliphatic heterocycles. The summed E-state index contributed by atoms with van der Waals surface area (Å²) in [5.74, 6) is -2.57. The molecule has 2 fully saturated rings. The summed E-state index contributed by atoms with van der Waals surface area (Å²) >= 11 is 0. The van der Waals surface area contributed by atoms with Crippen LogP contribution in [0, 0.1) is 5.82 Å². The Hall–Kier alpha value is -5.01. The Balaban J connectivity index is 1.42. The Morgan fingerprint density at radius 2 is 1.70 bits per heavy atom. The molecule has 0 aliphatic carbocycles. The van der Waals surface area contributed by atoms with Gasteiger partial charge in [-0.1, -0.05) is 42.5 Å². The molecule has 13 nitrogen and oxygen atoms in total. The molecule has 0 spiro atoms. The molecule has 2 aromatic carbocycles. The van der Waals surface area contributed by atoms with Gasteiger partial charge in [0.2, 0.25) is 11.9 Å². The fraction of sp³-hybridized carbons (Fsp3) is 0.438. The molecular weight excluding hydrogens is 599 g/mol. The number of guanidine groups is 1. The Kier molecular flexibility index (Phi) is 10.9. The molecule has 4 N–H and O–H groups in total. The van der Waals surface area contributed by atoms with Gasteiger partial charge in [0.1, 0.15) is 36.2 Å². The lowest BCUT2D eigenvalue weighted by Gasteiger charge is -2.33. The molecule has 46 heavy (non-hydrogen) atoms. The first-order valence-corrected chi connectivity index (χ1v) is 15.0. The average molecular weight is 639 g/mol. The van der Waals surface area contributed by atoms with Gasteiger partial charge in [-0.25, -0.2) is 14.0 Å². The van der Waals surface area contributed by atoms with Crippen molar-refractivity contribution in [3.8, 4) is 0 Å². The Morgan fingerprint density at radius 1 is 1.02 bits per heavy atom. The predicted molar refractivity (Wildman–Crippen MR) is 164 cm³/mol. The summed E-state index contributed by atoms with van der Waals surface area (Å²) in [7, 11) is 0. The average Bonchev–Trinajstić information content (AvgIpc) is 3.50. The van der Waals surface area contributed by atoms with Crippen LogP contribution in [0.2, 0.25) is 0 Å². The summed E-state index contributed by atoms with van der Waals surface area (Å²) in [4.78, 5) is 71.6. The van der Waals surface area contributed by atoms with Crippen LogP contribution in [0.15, 0.2) is 59.6 Å². The number of nitrogens with zero attached hydrogens (tertiary/aromatic N) is 3. The summed E-state index contributed by atoms with van der Waals surface area (Å²) in [5.41, 5.74) is 6.20. The van der Waals surface area contributed by atoms with Crippen LogP contribution in [-0.2, 0) is 30.5 Å². The number of carbonyl (C=O) groups is 5. The maximum atomic E-state index is 13.8. The maximum Gasteiger partial charge on any atom is 0.437 e. The zero-order chi connectivity index (χ0) is 33.4. The van der Waals surface area contributed by atoms with E-state index in [1.54, 1.807) is 45.0 Å². The number of benzene rings is 2. The summed E-state index contributed by atoms with van der Waals surface area (Å²) in [6.07, 6.45) is -0.219. The van der Waals surface area contributed by atoms with Gasteiger partial charge in [-0.15, -0.1) is 4.99 Å². The topological polar surface area (TPSA) is 173 Å². The van der Waals surface area contributed by atoms with Crippen LogP contribution in [0.3, 0.4) is 0 Å². The largest absolute Gasteiger partial charge is 0.444 e. The number of nitrogens with two attached hydrogens (primary N) is 1. The SMILES string of the molecule is CC(C)(C)OC(=O)N[C@H](C(=O)N1CCC[C@H]1C(=O)N[C@H]1CCCN(/C(N)=N/C(=O)OCc2ccccc2)C1=O)c1ccc(F)cc1. The van der Waals surface area contributed by atoms with Crippen molar-refractivity contribution in [3.63, 3.8) is 0 Å². The van der Waals surface area contributed by atoms with Crippen molar-refractivity contribution in [1.82, 2.24) is 20.4 Å². The first kappa shape index (κ1) is 33.9. The maximum absolute atomic E-state index is 13.8. The van der Waals surface area contributed by atoms with E-state index in [1.165, 1.54) is 29.2 Å². The molecule has 0 radical (unpaired) electrons. The van der Waals surface area contributed by atoms with E-state index in [2.05, 4.69) is 15.6 Å². The van der Waals surface area contributed by atoms with Crippen molar-refractivity contribution in [2.24, 2.45) is 10.7 Å². The quantitative estimate of drug-likeness (QED) is 0.307. The lowest BCUT2D eigenvalue weighted by atomic mass is 10.0. The predicted octanol–water partition coefficient (Wildman–Crippen LogP) is 3.14. The molecule has 2 saturated heterocycles. The van der Waals surface area contributed by atoms with Crippen LogP contribution < -0.4 is 16.4 Å². The summed E-state index contributed by atoms with van der Waals surface area (Å²) in [6.45, 7) is 5.41. The van der Waals surface area contributed by atoms with Gasteiger partial charge in [0.15, 0.2) is 0 Å². The van der Waals surface area contributed by atoms with Gasteiger partial charge in [0.05, 0.1) is 0 Å². The highest BCUT2D eigenvalue weighted by Crippen LogP contribution is 2.25. The molecule has 2 aliphatic rings. The Bertz CT molecular complexity index is 1460. The number of ether oxygens (including phenoxy) is 2. The minimum Gasteiger partial charge on any atom is -0.444 e. The van der Waals surface area contributed by atoms with Crippen LogP contribution in [-0.4, -0.2) is 76.4 Å². The number of likely N-dealkylation sites (tertiary alicyclic amines) is 2. The smallest absolute Gasteiger partial charge is 0.437 e. The van der Waals surface area contributed by atoms with Gasteiger partial charge < -0.3 is 30.7 Å². The molecule has 4 rings (SSSR count). The first-order valence-electron chi connectivity index (χ1n) is 15.0. The molecule has 0 bridgehead atoms. The van der Waals surface area contributed by atoms with Gasteiger partial charge in [-0.3, -0.25) is 19.3 Å². The molecule has 14 heteroatoms. The van der Waals surface area contributed by atoms with Crippen molar-refractivity contribution in [2.75, 3.05) is 13.1 Å². The fourth-order valence-electron chi connectivity index (χ4n) is 5.25. The minimum absolute atomic E-state index is 0.0188. The van der Waals surface area contributed by atoms with Gasteiger partial charge in [0.25, 0.3) is 11.8 Å². The molecule has 0 saturated carbocycles. The molecular formula is C32H39FN6O7. The number of hydrogen-bond donors (Lipinski definition) is 3. The van der Waals surface area contributed by atoms with Crippen LogP contribution >= 0.6 is 0 Å². The number of alkyl carbamates (subject to hydrolysis) is 1. The summed E-state index contributed by atoms with van der Waals surface area (Å²) in [6, 6.07) is 10.9. The zero-order valence-corrected chi connectivity index (χ0v) is 26.0. The fourth-order valence-corrected chi connectivity index (χ4v) is 5.25. The number of carbonyl (C=O) groups excluding carboxylic acids is 5. The lowest BCUT2D eigenvalue weighted by Crippen LogP contribution is -2.58. The number of amides is 5. The second kappa shape index (κ2) is 14.8. The van der Waals surface area contributed by atoms with E-state index in [4.69, 9.17) is 15.2 Å². The number of halogens is 1. The number of hydrogen-bond acceptors (Lipinski definition) is 7. The number of nitrogens with one attached hydrogen (secondary N) is 2. The summed E-state index contributed by atoms with van der Waals surface area (Å²) < 4.78 is 24.1. The molecule has 246 valence electrons. The van der Waals surface area contributed by atoms with E-state index in [-0.39, 0.29) is 25.7 Å². The van der Waals surface area contributed by atoms with Gasteiger partial charge >= 0.3 is 12.2 Å². The van der Waals surface area contributed by atoms with E-state index >= 15 is 0 Å². The van der Waals surface area contributed by atoms with Gasteiger partial charge in [0, 0.05) is 13.1 Å². The van der Waals surface area contributed by atoms with E-state index in [1.807, 2.05) is 6.07 Å². The third-order valence-corrected chi connectivity index (χ3v) is 7.39. The second-order valence-corrected chi connectivity index (χ2v) is 12.0. The molecule has 2 aromatic rings.